The fraction of sp³-hybridized carbons (Fsp3) is 0.364. The van der Waals surface area contributed by atoms with Crippen molar-refractivity contribution in [2.75, 3.05) is 39.8 Å². The van der Waals surface area contributed by atoms with Gasteiger partial charge in [0.25, 0.3) is 5.91 Å². The van der Waals surface area contributed by atoms with Gasteiger partial charge in [0.2, 0.25) is 5.91 Å². The minimum Gasteiger partial charge on any atom is -0.497 e. The Balaban J connectivity index is 1.47. The van der Waals surface area contributed by atoms with E-state index in [1.54, 1.807) is 31.4 Å². The van der Waals surface area contributed by atoms with Gasteiger partial charge in [-0.2, -0.15) is 0 Å². The average molecular weight is 416 g/mol. The van der Waals surface area contributed by atoms with Gasteiger partial charge in [-0.05, 0) is 42.3 Å². The standard InChI is InChI=1S/C22H26ClN3O3/c1-29-20-8-2-5-17(13-20)15-24-21(27)16-25-9-4-10-26(12-11-25)22(28)18-6-3-7-19(23)14-18/h2-3,5-8,13-14H,4,9-12,15-16H2,1H3,(H,24,27). The number of nitrogens with one attached hydrogen (secondary N) is 1. The quantitative estimate of drug-likeness (QED) is 0.788. The molecule has 0 unspecified atom stereocenters. The molecule has 3 rings (SSSR count). The first-order chi connectivity index (χ1) is 14.0. The van der Waals surface area contributed by atoms with E-state index in [1.807, 2.05) is 29.2 Å². The van der Waals surface area contributed by atoms with Crippen molar-refractivity contribution in [3.63, 3.8) is 0 Å². The molecule has 7 heteroatoms. The van der Waals surface area contributed by atoms with E-state index in [2.05, 4.69) is 10.2 Å². The Kier molecular flexibility index (Phi) is 7.49. The Morgan fingerprint density at radius 1 is 1.07 bits per heavy atom. The second-order valence-corrected chi connectivity index (χ2v) is 7.50. The first-order valence-electron chi connectivity index (χ1n) is 9.72. The highest BCUT2D eigenvalue weighted by Crippen LogP contribution is 2.15. The molecule has 0 bridgehead atoms. The Hall–Kier alpha value is -2.57. The van der Waals surface area contributed by atoms with E-state index in [4.69, 9.17) is 16.3 Å². The maximum Gasteiger partial charge on any atom is 0.253 e. The number of nitrogens with zero attached hydrogens (tertiary/aromatic N) is 2. The zero-order valence-electron chi connectivity index (χ0n) is 16.6. The van der Waals surface area contributed by atoms with Gasteiger partial charge in [-0.3, -0.25) is 14.5 Å². The highest BCUT2D eigenvalue weighted by molar-refractivity contribution is 6.30. The highest BCUT2D eigenvalue weighted by atomic mass is 35.5. The zero-order chi connectivity index (χ0) is 20.6. The summed E-state index contributed by atoms with van der Waals surface area (Å²) >= 11 is 6.00. The van der Waals surface area contributed by atoms with Gasteiger partial charge in [0.1, 0.15) is 5.75 Å². The molecule has 0 aromatic heterocycles. The predicted octanol–water partition coefficient (Wildman–Crippen LogP) is 2.81. The fourth-order valence-corrected chi connectivity index (χ4v) is 3.57. The number of halogens is 1. The molecule has 1 N–H and O–H groups in total. The van der Waals surface area contributed by atoms with Crippen molar-refractivity contribution in [3.05, 3.63) is 64.7 Å². The van der Waals surface area contributed by atoms with Crippen molar-refractivity contribution < 1.29 is 14.3 Å². The summed E-state index contributed by atoms with van der Waals surface area (Å²) in [5.41, 5.74) is 1.59. The number of hydrogen-bond acceptors (Lipinski definition) is 4. The molecular weight excluding hydrogens is 390 g/mol. The largest absolute Gasteiger partial charge is 0.497 e. The molecule has 0 aliphatic carbocycles. The summed E-state index contributed by atoms with van der Waals surface area (Å²) in [6.45, 7) is 3.50. The number of benzene rings is 2. The molecule has 0 atom stereocenters. The van der Waals surface area contributed by atoms with Crippen LogP contribution in [-0.4, -0.2) is 61.4 Å². The normalized spacial score (nSPS) is 14.9. The molecule has 0 radical (unpaired) electrons. The summed E-state index contributed by atoms with van der Waals surface area (Å²) in [5.74, 6) is 0.730. The second-order valence-electron chi connectivity index (χ2n) is 7.06. The molecule has 154 valence electrons. The van der Waals surface area contributed by atoms with Crippen LogP contribution < -0.4 is 10.1 Å². The number of rotatable bonds is 6. The first kappa shape index (κ1) is 21.1. The number of hydrogen-bond donors (Lipinski definition) is 1. The van der Waals surface area contributed by atoms with Gasteiger partial charge < -0.3 is 15.0 Å². The average Bonchev–Trinajstić information content (AvgIpc) is 2.97. The van der Waals surface area contributed by atoms with Crippen LogP contribution in [0.25, 0.3) is 0 Å². The van der Waals surface area contributed by atoms with Gasteiger partial charge in [0, 0.05) is 43.3 Å². The molecule has 2 aromatic rings. The van der Waals surface area contributed by atoms with Crippen molar-refractivity contribution >= 4 is 23.4 Å². The van der Waals surface area contributed by atoms with Crippen molar-refractivity contribution in [1.29, 1.82) is 0 Å². The minimum absolute atomic E-state index is 0.0168. The van der Waals surface area contributed by atoms with E-state index < -0.39 is 0 Å². The first-order valence-corrected chi connectivity index (χ1v) is 10.1. The molecule has 0 saturated carbocycles. The number of methoxy groups -OCH3 is 1. The molecule has 1 fully saturated rings. The van der Waals surface area contributed by atoms with E-state index in [1.165, 1.54) is 0 Å². The Labute approximate surface area is 176 Å². The van der Waals surface area contributed by atoms with E-state index in [-0.39, 0.29) is 11.8 Å². The van der Waals surface area contributed by atoms with Crippen LogP contribution in [0.1, 0.15) is 22.3 Å². The molecule has 2 amide bonds. The Bertz CT molecular complexity index is 859. The lowest BCUT2D eigenvalue weighted by Crippen LogP contribution is -2.39. The van der Waals surface area contributed by atoms with Crippen LogP contribution in [0.2, 0.25) is 5.02 Å². The SMILES string of the molecule is COc1cccc(CNC(=O)CN2CCCN(C(=O)c3cccc(Cl)c3)CC2)c1. The monoisotopic (exact) mass is 415 g/mol. The smallest absolute Gasteiger partial charge is 0.253 e. The van der Waals surface area contributed by atoms with Gasteiger partial charge in [0.05, 0.1) is 13.7 Å². The van der Waals surface area contributed by atoms with Crippen molar-refractivity contribution in [3.8, 4) is 5.75 Å². The van der Waals surface area contributed by atoms with Crippen molar-refractivity contribution in [2.45, 2.75) is 13.0 Å². The fourth-order valence-electron chi connectivity index (χ4n) is 3.38. The maximum atomic E-state index is 12.7. The molecule has 1 heterocycles. The minimum atomic E-state index is -0.0255. The van der Waals surface area contributed by atoms with Gasteiger partial charge >= 0.3 is 0 Å². The van der Waals surface area contributed by atoms with Crippen LogP contribution >= 0.6 is 11.6 Å². The van der Waals surface area contributed by atoms with E-state index in [0.717, 1.165) is 24.3 Å². The molecule has 1 saturated heterocycles. The summed E-state index contributed by atoms with van der Waals surface area (Å²) in [6, 6.07) is 14.7. The van der Waals surface area contributed by atoms with Crippen LogP contribution in [0, 0.1) is 0 Å². The molecule has 1 aliphatic heterocycles. The van der Waals surface area contributed by atoms with E-state index >= 15 is 0 Å². The van der Waals surface area contributed by atoms with Crippen molar-refractivity contribution in [2.24, 2.45) is 0 Å². The maximum absolute atomic E-state index is 12.7. The predicted molar refractivity (Wildman–Crippen MR) is 113 cm³/mol. The molecule has 1 aliphatic rings. The van der Waals surface area contributed by atoms with Crippen LogP contribution in [0.4, 0.5) is 0 Å². The lowest BCUT2D eigenvalue weighted by Gasteiger charge is -2.22. The number of ether oxygens (including phenoxy) is 1. The van der Waals surface area contributed by atoms with Crippen LogP contribution in [0.15, 0.2) is 48.5 Å². The van der Waals surface area contributed by atoms with Gasteiger partial charge in [-0.15, -0.1) is 0 Å². The lowest BCUT2D eigenvalue weighted by atomic mass is 10.2. The van der Waals surface area contributed by atoms with Gasteiger partial charge in [-0.25, -0.2) is 0 Å². The molecule has 0 spiro atoms. The third-order valence-corrected chi connectivity index (χ3v) is 5.17. The molecule has 2 aromatic carbocycles. The highest BCUT2D eigenvalue weighted by Gasteiger charge is 2.21. The molecular formula is C22H26ClN3O3. The van der Waals surface area contributed by atoms with Crippen LogP contribution in [0.3, 0.4) is 0 Å². The summed E-state index contributed by atoms with van der Waals surface area (Å²) in [7, 11) is 1.62. The van der Waals surface area contributed by atoms with E-state index in [9.17, 15) is 9.59 Å². The topological polar surface area (TPSA) is 61.9 Å². The summed E-state index contributed by atoms with van der Waals surface area (Å²) in [5, 5.41) is 3.51. The second kappa shape index (κ2) is 10.3. The van der Waals surface area contributed by atoms with Gasteiger partial charge in [0.15, 0.2) is 0 Å². The Morgan fingerprint density at radius 2 is 1.90 bits per heavy atom. The summed E-state index contributed by atoms with van der Waals surface area (Å²) < 4.78 is 5.20. The third-order valence-electron chi connectivity index (χ3n) is 4.94. The molecule has 6 nitrogen and oxygen atoms in total. The Morgan fingerprint density at radius 3 is 2.69 bits per heavy atom. The third kappa shape index (κ3) is 6.21. The lowest BCUT2D eigenvalue weighted by molar-refractivity contribution is -0.122. The van der Waals surface area contributed by atoms with Crippen LogP contribution in [-0.2, 0) is 11.3 Å². The van der Waals surface area contributed by atoms with Gasteiger partial charge in [-0.1, -0.05) is 29.8 Å². The number of carbonyl (C=O) groups is 2. The number of carbonyl (C=O) groups excluding carboxylic acids is 2. The van der Waals surface area contributed by atoms with Crippen molar-refractivity contribution in [1.82, 2.24) is 15.1 Å². The van der Waals surface area contributed by atoms with Crippen LogP contribution in [0.5, 0.6) is 5.75 Å². The summed E-state index contributed by atoms with van der Waals surface area (Å²) in [4.78, 5) is 29.0. The summed E-state index contributed by atoms with van der Waals surface area (Å²) in [6.07, 6.45) is 0.829. The molecule has 29 heavy (non-hydrogen) atoms. The zero-order valence-corrected chi connectivity index (χ0v) is 17.3. The number of amides is 2. The van der Waals surface area contributed by atoms with E-state index in [0.29, 0.717) is 43.3 Å².